The van der Waals surface area contributed by atoms with E-state index in [2.05, 4.69) is 4.98 Å². The fourth-order valence-corrected chi connectivity index (χ4v) is 1.80. The number of rotatable bonds is 4. The van der Waals surface area contributed by atoms with Crippen molar-refractivity contribution >= 4 is 23.5 Å². The average Bonchev–Trinajstić information content (AvgIpc) is 2.26. The molecule has 4 nitrogen and oxygen atoms in total. The van der Waals surface area contributed by atoms with Gasteiger partial charge < -0.3 is 10.6 Å². The largest absolute Gasteiger partial charge is 0.384 e. The van der Waals surface area contributed by atoms with E-state index >= 15 is 0 Å². The maximum Gasteiger partial charge on any atom is 0.232 e. The maximum absolute atomic E-state index is 11.7. The molecule has 0 atom stereocenters. The number of nitrogen functional groups attached to an aromatic ring is 1. The number of hydrogen-bond donors (Lipinski definition) is 1. The molecule has 16 heavy (non-hydrogen) atoms. The Hall–Kier alpha value is -1.23. The maximum atomic E-state index is 11.7. The van der Waals surface area contributed by atoms with Crippen molar-refractivity contribution in [2.24, 2.45) is 0 Å². The van der Waals surface area contributed by atoms with Crippen LogP contribution in [0.5, 0.6) is 0 Å². The van der Waals surface area contributed by atoms with Crippen molar-refractivity contribution < 1.29 is 4.79 Å². The molecule has 1 aromatic heterocycles. The van der Waals surface area contributed by atoms with Crippen molar-refractivity contribution in [3.63, 3.8) is 0 Å². The third-order valence-electron chi connectivity index (χ3n) is 2.29. The normalized spacial score (nSPS) is 10.5. The predicted molar refractivity (Wildman–Crippen MR) is 67.3 cm³/mol. The zero-order valence-electron chi connectivity index (χ0n) is 9.80. The number of amides is 1. The first-order valence-electron chi connectivity index (χ1n) is 5.10. The third-order valence-corrected chi connectivity index (χ3v) is 3.26. The summed E-state index contributed by atoms with van der Waals surface area (Å²) in [7, 11) is 1.81. The molecule has 0 aromatic carbocycles. The Morgan fingerprint density at radius 3 is 2.75 bits per heavy atom. The molecular formula is C11H17N3OS. The molecule has 0 bridgehead atoms. The highest BCUT2D eigenvalue weighted by atomic mass is 32.2. The molecule has 1 aromatic rings. The molecule has 0 saturated heterocycles. The molecule has 1 rings (SSSR count). The zero-order valence-corrected chi connectivity index (χ0v) is 10.6. The fraction of sp³-hybridized carbons (Fsp3) is 0.455. The standard InChI is InChI=1S/C11H17N3OS/c1-8(2)14(3)11(15)7-16-9-4-5-10(12)13-6-9/h4-6,8H,7H2,1-3H3,(H2,12,13). The lowest BCUT2D eigenvalue weighted by molar-refractivity contribution is -0.128. The Labute approximate surface area is 100 Å². The van der Waals surface area contributed by atoms with Gasteiger partial charge in [0.1, 0.15) is 5.82 Å². The van der Waals surface area contributed by atoms with E-state index in [4.69, 9.17) is 5.73 Å². The lowest BCUT2D eigenvalue weighted by Gasteiger charge is -2.21. The van der Waals surface area contributed by atoms with Crippen molar-refractivity contribution in [3.8, 4) is 0 Å². The molecule has 0 radical (unpaired) electrons. The van der Waals surface area contributed by atoms with Crippen molar-refractivity contribution in [3.05, 3.63) is 18.3 Å². The number of thioether (sulfide) groups is 1. The summed E-state index contributed by atoms with van der Waals surface area (Å²) < 4.78 is 0. The van der Waals surface area contributed by atoms with Gasteiger partial charge in [-0.15, -0.1) is 11.8 Å². The van der Waals surface area contributed by atoms with Gasteiger partial charge in [-0.3, -0.25) is 4.79 Å². The van der Waals surface area contributed by atoms with E-state index in [0.29, 0.717) is 11.6 Å². The van der Waals surface area contributed by atoms with Crippen LogP contribution in [-0.4, -0.2) is 34.6 Å². The molecule has 0 aliphatic carbocycles. The second-order valence-corrected chi connectivity index (χ2v) is 4.85. The smallest absolute Gasteiger partial charge is 0.232 e. The summed E-state index contributed by atoms with van der Waals surface area (Å²) in [6.45, 7) is 3.99. The van der Waals surface area contributed by atoms with E-state index < -0.39 is 0 Å². The van der Waals surface area contributed by atoms with Crippen LogP contribution in [0.25, 0.3) is 0 Å². The minimum Gasteiger partial charge on any atom is -0.384 e. The first kappa shape index (κ1) is 12.8. The molecule has 1 heterocycles. The van der Waals surface area contributed by atoms with Crippen molar-refractivity contribution in [1.29, 1.82) is 0 Å². The van der Waals surface area contributed by atoms with Gasteiger partial charge in [-0.2, -0.15) is 0 Å². The zero-order chi connectivity index (χ0) is 12.1. The van der Waals surface area contributed by atoms with Gasteiger partial charge >= 0.3 is 0 Å². The molecule has 5 heteroatoms. The summed E-state index contributed by atoms with van der Waals surface area (Å²) in [4.78, 5) is 18.3. The van der Waals surface area contributed by atoms with Crippen LogP contribution in [0.1, 0.15) is 13.8 Å². The summed E-state index contributed by atoms with van der Waals surface area (Å²) in [5, 5.41) is 0. The van der Waals surface area contributed by atoms with E-state index in [1.54, 1.807) is 17.2 Å². The predicted octanol–water partition coefficient (Wildman–Crippen LogP) is 1.62. The van der Waals surface area contributed by atoms with Crippen LogP contribution >= 0.6 is 11.8 Å². The van der Waals surface area contributed by atoms with Gasteiger partial charge in [0.25, 0.3) is 0 Å². The van der Waals surface area contributed by atoms with Crippen LogP contribution in [0.3, 0.4) is 0 Å². The van der Waals surface area contributed by atoms with Gasteiger partial charge in [-0.25, -0.2) is 4.98 Å². The van der Waals surface area contributed by atoms with Crippen molar-refractivity contribution in [1.82, 2.24) is 9.88 Å². The molecule has 88 valence electrons. The average molecular weight is 239 g/mol. The number of carbonyl (C=O) groups excluding carboxylic acids is 1. The molecule has 1 amide bonds. The summed E-state index contributed by atoms with van der Waals surface area (Å²) in [6, 6.07) is 3.84. The lowest BCUT2D eigenvalue weighted by atomic mass is 10.3. The molecule has 0 aliphatic heterocycles. The quantitative estimate of drug-likeness (QED) is 0.811. The van der Waals surface area contributed by atoms with Gasteiger partial charge in [0, 0.05) is 24.2 Å². The van der Waals surface area contributed by atoms with Crippen LogP contribution in [0, 0.1) is 0 Å². The number of aromatic nitrogens is 1. The van der Waals surface area contributed by atoms with Crippen LogP contribution in [0.2, 0.25) is 0 Å². The number of nitrogens with zero attached hydrogens (tertiary/aromatic N) is 2. The molecule has 0 spiro atoms. The van der Waals surface area contributed by atoms with Crippen LogP contribution in [0.4, 0.5) is 5.82 Å². The Kier molecular flexibility index (Phi) is 4.61. The third kappa shape index (κ3) is 3.73. The van der Waals surface area contributed by atoms with E-state index in [1.165, 1.54) is 11.8 Å². The van der Waals surface area contributed by atoms with Gasteiger partial charge in [-0.05, 0) is 26.0 Å². The van der Waals surface area contributed by atoms with Crippen LogP contribution in [0.15, 0.2) is 23.2 Å². The SMILES string of the molecule is CC(C)N(C)C(=O)CSc1ccc(N)nc1. The van der Waals surface area contributed by atoms with Gasteiger partial charge in [-0.1, -0.05) is 0 Å². The molecular weight excluding hydrogens is 222 g/mol. The highest BCUT2D eigenvalue weighted by Crippen LogP contribution is 2.17. The first-order valence-corrected chi connectivity index (χ1v) is 6.09. The second-order valence-electron chi connectivity index (χ2n) is 3.81. The molecule has 2 N–H and O–H groups in total. The van der Waals surface area contributed by atoms with E-state index in [-0.39, 0.29) is 11.9 Å². The summed E-state index contributed by atoms with van der Waals surface area (Å²) >= 11 is 1.47. The Morgan fingerprint density at radius 1 is 1.56 bits per heavy atom. The topological polar surface area (TPSA) is 59.2 Å². The van der Waals surface area contributed by atoms with E-state index in [1.807, 2.05) is 27.0 Å². The monoisotopic (exact) mass is 239 g/mol. The van der Waals surface area contributed by atoms with Crippen LogP contribution in [-0.2, 0) is 4.79 Å². The fourth-order valence-electron chi connectivity index (χ4n) is 1.01. The van der Waals surface area contributed by atoms with Gasteiger partial charge in [0.05, 0.1) is 5.75 Å². The van der Waals surface area contributed by atoms with Crippen molar-refractivity contribution in [2.75, 3.05) is 18.5 Å². The Bertz CT molecular complexity index is 351. The molecule has 0 aliphatic rings. The number of nitrogens with two attached hydrogens (primary N) is 1. The highest BCUT2D eigenvalue weighted by Gasteiger charge is 2.11. The van der Waals surface area contributed by atoms with Crippen molar-refractivity contribution in [2.45, 2.75) is 24.8 Å². The number of carbonyl (C=O) groups is 1. The number of pyridine rings is 1. The first-order chi connectivity index (χ1) is 7.50. The van der Waals surface area contributed by atoms with Gasteiger partial charge in [0.2, 0.25) is 5.91 Å². The number of hydrogen-bond acceptors (Lipinski definition) is 4. The molecule has 0 fully saturated rings. The van der Waals surface area contributed by atoms with E-state index in [9.17, 15) is 4.79 Å². The van der Waals surface area contributed by atoms with E-state index in [0.717, 1.165) is 4.90 Å². The second kappa shape index (κ2) is 5.75. The Balaban J connectivity index is 2.46. The summed E-state index contributed by atoms with van der Waals surface area (Å²) in [6.07, 6.45) is 1.68. The highest BCUT2D eigenvalue weighted by molar-refractivity contribution is 8.00. The summed E-state index contributed by atoms with van der Waals surface area (Å²) in [5.74, 6) is 1.05. The Morgan fingerprint density at radius 2 is 2.25 bits per heavy atom. The van der Waals surface area contributed by atoms with Gasteiger partial charge in [0.15, 0.2) is 0 Å². The summed E-state index contributed by atoms with van der Waals surface area (Å²) in [5.41, 5.74) is 5.48. The minimum atomic E-state index is 0.122. The molecule has 0 saturated carbocycles. The number of anilines is 1. The lowest BCUT2D eigenvalue weighted by Crippen LogP contribution is -2.34. The minimum absolute atomic E-state index is 0.122. The van der Waals surface area contributed by atoms with Crippen LogP contribution < -0.4 is 5.73 Å². The molecule has 0 unspecified atom stereocenters.